The summed E-state index contributed by atoms with van der Waals surface area (Å²) >= 11 is 6.26. The van der Waals surface area contributed by atoms with Gasteiger partial charge in [0.05, 0.1) is 18.3 Å². The van der Waals surface area contributed by atoms with Gasteiger partial charge < -0.3 is 9.73 Å². The summed E-state index contributed by atoms with van der Waals surface area (Å²) in [5.74, 6) is 0.908. The molecule has 20 heavy (non-hydrogen) atoms. The molecule has 102 valence electrons. The minimum absolute atomic E-state index is 0.554. The van der Waals surface area contributed by atoms with Crippen LogP contribution in [0.1, 0.15) is 16.9 Å². The van der Waals surface area contributed by atoms with E-state index in [4.69, 9.17) is 16.0 Å². The van der Waals surface area contributed by atoms with Gasteiger partial charge in [0, 0.05) is 17.5 Å². The molecule has 0 saturated heterocycles. The zero-order valence-corrected chi connectivity index (χ0v) is 11.9. The Labute approximate surface area is 122 Å². The van der Waals surface area contributed by atoms with Crippen molar-refractivity contribution in [3.05, 3.63) is 64.7 Å². The molecule has 1 N–H and O–H groups in total. The number of hydrogen-bond acceptors (Lipinski definition) is 3. The van der Waals surface area contributed by atoms with Crippen LogP contribution in [0.5, 0.6) is 0 Å². The van der Waals surface area contributed by atoms with Gasteiger partial charge in [0.1, 0.15) is 10.9 Å². The Morgan fingerprint density at radius 2 is 2.10 bits per heavy atom. The van der Waals surface area contributed by atoms with Gasteiger partial charge in [-0.3, -0.25) is 0 Å². The largest absolute Gasteiger partial charge is 0.468 e. The van der Waals surface area contributed by atoms with Crippen LogP contribution in [-0.2, 0) is 13.1 Å². The topological polar surface area (TPSA) is 38.1 Å². The maximum absolute atomic E-state index is 6.26. The Balaban J connectivity index is 1.79. The molecular weight excluding hydrogens is 272 g/mol. The second-order valence-electron chi connectivity index (χ2n) is 4.77. The lowest BCUT2D eigenvalue weighted by atomic mass is 10.1. The minimum Gasteiger partial charge on any atom is -0.468 e. The number of benzene rings is 1. The van der Waals surface area contributed by atoms with Crippen LogP contribution in [0.2, 0.25) is 5.15 Å². The third-order valence-electron chi connectivity index (χ3n) is 3.27. The summed E-state index contributed by atoms with van der Waals surface area (Å²) in [7, 11) is 0. The van der Waals surface area contributed by atoms with Crippen molar-refractivity contribution < 1.29 is 4.42 Å². The van der Waals surface area contributed by atoms with Gasteiger partial charge in [-0.25, -0.2) is 4.98 Å². The highest BCUT2D eigenvalue weighted by molar-refractivity contribution is 6.30. The average Bonchev–Trinajstić information content (AvgIpc) is 2.94. The van der Waals surface area contributed by atoms with E-state index in [0.717, 1.165) is 27.8 Å². The van der Waals surface area contributed by atoms with E-state index in [1.807, 2.05) is 31.2 Å². The van der Waals surface area contributed by atoms with E-state index in [-0.39, 0.29) is 0 Å². The third kappa shape index (κ3) is 2.69. The van der Waals surface area contributed by atoms with E-state index >= 15 is 0 Å². The number of aromatic nitrogens is 1. The molecule has 0 aliphatic carbocycles. The molecule has 3 aromatic rings. The molecule has 0 aliphatic heterocycles. The summed E-state index contributed by atoms with van der Waals surface area (Å²) in [5, 5.41) is 4.98. The average molecular weight is 287 g/mol. The van der Waals surface area contributed by atoms with E-state index in [9.17, 15) is 0 Å². The van der Waals surface area contributed by atoms with Crippen molar-refractivity contribution in [2.24, 2.45) is 0 Å². The normalized spacial score (nSPS) is 11.1. The van der Waals surface area contributed by atoms with Crippen molar-refractivity contribution >= 4 is 22.5 Å². The Kier molecular flexibility index (Phi) is 3.72. The third-order valence-corrected chi connectivity index (χ3v) is 3.60. The number of fused-ring (bicyclic) bond motifs is 1. The van der Waals surface area contributed by atoms with Gasteiger partial charge in [0.2, 0.25) is 0 Å². The fourth-order valence-electron chi connectivity index (χ4n) is 2.23. The highest BCUT2D eigenvalue weighted by Crippen LogP contribution is 2.22. The van der Waals surface area contributed by atoms with Crippen LogP contribution in [0.15, 0.2) is 47.1 Å². The van der Waals surface area contributed by atoms with Gasteiger partial charge in [-0.2, -0.15) is 0 Å². The molecule has 2 aromatic heterocycles. The van der Waals surface area contributed by atoms with E-state index in [2.05, 4.69) is 22.4 Å². The van der Waals surface area contributed by atoms with E-state index in [1.54, 1.807) is 6.26 Å². The van der Waals surface area contributed by atoms with Crippen molar-refractivity contribution in [1.29, 1.82) is 0 Å². The molecule has 4 heteroatoms. The summed E-state index contributed by atoms with van der Waals surface area (Å²) < 4.78 is 5.28. The number of pyridine rings is 1. The standard InChI is InChI=1S/C16H15ClN2O/c1-11-4-2-5-12-8-13(16(17)19-15(11)12)9-18-10-14-6-3-7-20-14/h2-8,18H,9-10H2,1H3. The van der Waals surface area contributed by atoms with Crippen LogP contribution < -0.4 is 5.32 Å². The fraction of sp³-hybridized carbons (Fsp3) is 0.188. The number of rotatable bonds is 4. The van der Waals surface area contributed by atoms with Crippen LogP contribution >= 0.6 is 11.6 Å². The monoisotopic (exact) mass is 286 g/mol. The van der Waals surface area contributed by atoms with E-state index < -0.39 is 0 Å². The Bertz CT molecular complexity index is 723. The zero-order chi connectivity index (χ0) is 13.9. The number of nitrogens with one attached hydrogen (secondary N) is 1. The van der Waals surface area contributed by atoms with Gasteiger partial charge in [-0.05, 0) is 30.7 Å². The highest BCUT2D eigenvalue weighted by Gasteiger charge is 2.06. The molecule has 0 radical (unpaired) electrons. The van der Waals surface area contributed by atoms with E-state index in [1.165, 1.54) is 0 Å². The zero-order valence-electron chi connectivity index (χ0n) is 11.2. The number of nitrogens with zero attached hydrogens (tertiary/aromatic N) is 1. The van der Waals surface area contributed by atoms with Crippen LogP contribution in [0.4, 0.5) is 0 Å². The van der Waals surface area contributed by atoms with Gasteiger partial charge in [-0.1, -0.05) is 29.8 Å². The lowest BCUT2D eigenvalue weighted by Gasteiger charge is -2.08. The van der Waals surface area contributed by atoms with Crippen molar-refractivity contribution in [2.75, 3.05) is 0 Å². The Hall–Kier alpha value is -1.84. The number of hydrogen-bond donors (Lipinski definition) is 1. The van der Waals surface area contributed by atoms with Crippen LogP contribution in [0.3, 0.4) is 0 Å². The summed E-state index contributed by atoms with van der Waals surface area (Å²) in [6, 6.07) is 12.0. The first kappa shape index (κ1) is 13.2. The maximum Gasteiger partial charge on any atom is 0.134 e. The molecular formula is C16H15ClN2O. The smallest absolute Gasteiger partial charge is 0.134 e. The molecule has 3 nitrogen and oxygen atoms in total. The van der Waals surface area contributed by atoms with Crippen LogP contribution in [0, 0.1) is 6.92 Å². The fourth-order valence-corrected chi connectivity index (χ4v) is 2.43. The molecule has 1 aromatic carbocycles. The van der Waals surface area contributed by atoms with Crippen molar-refractivity contribution in [3.63, 3.8) is 0 Å². The van der Waals surface area contributed by atoms with Crippen LogP contribution in [0.25, 0.3) is 10.9 Å². The Morgan fingerprint density at radius 1 is 1.20 bits per heavy atom. The summed E-state index contributed by atoms with van der Waals surface area (Å²) in [6.07, 6.45) is 1.67. The first-order valence-corrected chi connectivity index (χ1v) is 6.89. The number of para-hydroxylation sites is 1. The predicted molar refractivity (Wildman–Crippen MR) is 80.7 cm³/mol. The van der Waals surface area contributed by atoms with Crippen molar-refractivity contribution in [3.8, 4) is 0 Å². The van der Waals surface area contributed by atoms with Crippen molar-refractivity contribution in [2.45, 2.75) is 20.0 Å². The first-order chi connectivity index (χ1) is 9.74. The molecule has 2 heterocycles. The summed E-state index contributed by atoms with van der Waals surface area (Å²) in [4.78, 5) is 4.49. The molecule has 0 bridgehead atoms. The van der Waals surface area contributed by atoms with Crippen LogP contribution in [-0.4, -0.2) is 4.98 Å². The quantitative estimate of drug-likeness (QED) is 0.735. The van der Waals surface area contributed by atoms with Gasteiger partial charge in [-0.15, -0.1) is 0 Å². The Morgan fingerprint density at radius 3 is 2.90 bits per heavy atom. The first-order valence-electron chi connectivity index (χ1n) is 6.52. The summed E-state index contributed by atoms with van der Waals surface area (Å²) in [6.45, 7) is 3.38. The summed E-state index contributed by atoms with van der Waals surface area (Å²) in [5.41, 5.74) is 3.10. The second-order valence-corrected chi connectivity index (χ2v) is 5.13. The molecule has 0 spiro atoms. The van der Waals surface area contributed by atoms with Gasteiger partial charge in [0.15, 0.2) is 0 Å². The molecule has 0 aliphatic rings. The van der Waals surface area contributed by atoms with Gasteiger partial charge >= 0.3 is 0 Å². The number of halogens is 1. The minimum atomic E-state index is 0.554. The van der Waals surface area contributed by atoms with E-state index in [0.29, 0.717) is 18.2 Å². The predicted octanol–water partition coefficient (Wildman–Crippen LogP) is 4.08. The lowest BCUT2D eigenvalue weighted by molar-refractivity contribution is 0.483. The SMILES string of the molecule is Cc1cccc2cc(CNCc3ccco3)c(Cl)nc12. The maximum atomic E-state index is 6.26. The van der Waals surface area contributed by atoms with Gasteiger partial charge in [0.25, 0.3) is 0 Å². The lowest BCUT2D eigenvalue weighted by Crippen LogP contribution is -2.12. The van der Waals surface area contributed by atoms with Crippen molar-refractivity contribution in [1.82, 2.24) is 10.3 Å². The molecule has 0 saturated carbocycles. The number of furan rings is 1. The molecule has 3 rings (SSSR count). The highest BCUT2D eigenvalue weighted by atomic mass is 35.5. The molecule has 0 unspecified atom stereocenters. The molecule has 0 fully saturated rings. The molecule has 0 atom stereocenters. The molecule has 0 amide bonds. The number of aryl methyl sites for hydroxylation is 1. The second kappa shape index (κ2) is 5.65.